The number of hydrogen-bond acceptors (Lipinski definition) is 3. The van der Waals surface area contributed by atoms with E-state index in [0.29, 0.717) is 6.42 Å². The molecule has 1 amide bonds. The van der Waals surface area contributed by atoms with Crippen molar-refractivity contribution < 1.29 is 14.6 Å². The van der Waals surface area contributed by atoms with Gasteiger partial charge in [-0.25, -0.2) is 4.79 Å². The normalized spacial score (nSPS) is 14.3. The van der Waals surface area contributed by atoms with Crippen molar-refractivity contribution in [2.75, 3.05) is 0 Å². The van der Waals surface area contributed by atoms with E-state index in [9.17, 15) is 9.90 Å². The summed E-state index contributed by atoms with van der Waals surface area (Å²) in [4.78, 5) is 10.5. The van der Waals surface area contributed by atoms with Crippen LogP contribution in [0.3, 0.4) is 0 Å². The van der Waals surface area contributed by atoms with E-state index < -0.39 is 11.7 Å². The molecule has 0 aliphatic rings. The SMILES string of the molecule is CC(C)C(CC(C)(C)O)OC(N)=O. The Labute approximate surface area is 79.1 Å². The van der Waals surface area contributed by atoms with Gasteiger partial charge >= 0.3 is 6.09 Å². The van der Waals surface area contributed by atoms with Crippen LogP contribution >= 0.6 is 0 Å². The molecule has 4 nitrogen and oxygen atoms in total. The first-order chi connectivity index (χ1) is 5.72. The van der Waals surface area contributed by atoms with Crippen LogP contribution in [0, 0.1) is 5.92 Å². The Balaban J connectivity index is 4.19. The fourth-order valence-corrected chi connectivity index (χ4v) is 1.05. The van der Waals surface area contributed by atoms with Crippen molar-refractivity contribution >= 4 is 6.09 Å². The summed E-state index contributed by atoms with van der Waals surface area (Å²) in [5, 5.41) is 9.52. The molecule has 1 unspecified atom stereocenters. The lowest BCUT2D eigenvalue weighted by Gasteiger charge is -2.26. The van der Waals surface area contributed by atoms with Crippen molar-refractivity contribution in [1.82, 2.24) is 0 Å². The van der Waals surface area contributed by atoms with Crippen molar-refractivity contribution in [2.45, 2.75) is 45.8 Å². The third kappa shape index (κ3) is 6.40. The molecule has 78 valence electrons. The van der Waals surface area contributed by atoms with Gasteiger partial charge in [0.25, 0.3) is 0 Å². The van der Waals surface area contributed by atoms with Crippen LogP contribution in [0.15, 0.2) is 0 Å². The monoisotopic (exact) mass is 189 g/mol. The van der Waals surface area contributed by atoms with Gasteiger partial charge in [-0.3, -0.25) is 0 Å². The van der Waals surface area contributed by atoms with E-state index in [-0.39, 0.29) is 12.0 Å². The Morgan fingerprint density at radius 3 is 2.23 bits per heavy atom. The minimum atomic E-state index is -0.843. The van der Waals surface area contributed by atoms with Crippen molar-refractivity contribution in [1.29, 1.82) is 0 Å². The summed E-state index contributed by atoms with van der Waals surface area (Å²) in [5.74, 6) is 0.152. The standard InChI is InChI=1S/C9H19NO3/c1-6(2)7(13-8(10)11)5-9(3,4)12/h6-7,12H,5H2,1-4H3,(H2,10,11). The van der Waals surface area contributed by atoms with Crippen molar-refractivity contribution in [2.24, 2.45) is 11.7 Å². The second-order valence-electron chi connectivity index (χ2n) is 4.24. The Hall–Kier alpha value is -0.770. The molecule has 1 atom stereocenters. The summed E-state index contributed by atoms with van der Waals surface area (Å²) in [6.07, 6.45) is -0.714. The Bertz CT molecular complexity index is 172. The first-order valence-electron chi connectivity index (χ1n) is 4.41. The Morgan fingerprint density at radius 1 is 1.54 bits per heavy atom. The molecular formula is C9H19NO3. The van der Waals surface area contributed by atoms with Gasteiger partial charge in [0, 0.05) is 6.42 Å². The largest absolute Gasteiger partial charge is 0.446 e. The van der Waals surface area contributed by atoms with Gasteiger partial charge in [0.15, 0.2) is 0 Å². The number of ether oxygens (including phenoxy) is 1. The molecule has 0 rings (SSSR count). The van der Waals surface area contributed by atoms with E-state index in [1.807, 2.05) is 13.8 Å². The predicted molar refractivity (Wildman–Crippen MR) is 50.2 cm³/mol. The Morgan fingerprint density at radius 2 is 2.00 bits per heavy atom. The quantitative estimate of drug-likeness (QED) is 0.699. The van der Waals surface area contributed by atoms with Gasteiger partial charge in [-0.2, -0.15) is 0 Å². The smallest absolute Gasteiger partial charge is 0.404 e. The molecule has 0 aromatic rings. The van der Waals surface area contributed by atoms with E-state index in [1.54, 1.807) is 13.8 Å². The maximum Gasteiger partial charge on any atom is 0.404 e. The summed E-state index contributed by atoms with van der Waals surface area (Å²) in [6, 6.07) is 0. The molecular weight excluding hydrogens is 170 g/mol. The molecule has 0 aliphatic heterocycles. The van der Waals surface area contributed by atoms with E-state index >= 15 is 0 Å². The highest BCUT2D eigenvalue weighted by Crippen LogP contribution is 2.19. The van der Waals surface area contributed by atoms with Crippen molar-refractivity contribution in [3.05, 3.63) is 0 Å². The predicted octanol–water partition coefficient (Wildman–Crippen LogP) is 1.27. The maximum atomic E-state index is 10.5. The summed E-state index contributed by atoms with van der Waals surface area (Å²) in [5.41, 5.74) is 4.06. The van der Waals surface area contributed by atoms with Crippen LogP contribution in [0.1, 0.15) is 34.1 Å². The number of carbonyl (C=O) groups excluding carboxylic acids is 1. The molecule has 0 saturated heterocycles. The lowest BCUT2D eigenvalue weighted by atomic mass is 9.94. The lowest BCUT2D eigenvalue weighted by Crippen LogP contribution is -2.34. The highest BCUT2D eigenvalue weighted by atomic mass is 16.6. The van der Waals surface area contributed by atoms with E-state index in [1.165, 1.54) is 0 Å². The number of amides is 1. The first-order valence-corrected chi connectivity index (χ1v) is 4.41. The highest BCUT2D eigenvalue weighted by molar-refractivity contribution is 5.64. The van der Waals surface area contributed by atoms with Crippen LogP contribution in [0.25, 0.3) is 0 Å². The minimum Gasteiger partial charge on any atom is -0.446 e. The second-order valence-corrected chi connectivity index (χ2v) is 4.24. The van der Waals surface area contributed by atoms with Gasteiger partial charge in [0.05, 0.1) is 5.60 Å². The molecule has 0 aliphatic carbocycles. The first kappa shape index (κ1) is 12.2. The summed E-state index contributed by atoms with van der Waals surface area (Å²) < 4.78 is 4.87. The zero-order valence-electron chi connectivity index (χ0n) is 8.70. The van der Waals surface area contributed by atoms with Crippen LogP contribution in [-0.4, -0.2) is 22.9 Å². The van der Waals surface area contributed by atoms with Crippen LogP contribution < -0.4 is 5.73 Å². The number of nitrogens with two attached hydrogens (primary N) is 1. The zero-order valence-corrected chi connectivity index (χ0v) is 8.70. The van der Waals surface area contributed by atoms with Gasteiger partial charge in [-0.1, -0.05) is 13.8 Å². The van der Waals surface area contributed by atoms with Gasteiger partial charge in [0.2, 0.25) is 0 Å². The molecule has 0 aromatic carbocycles. The minimum absolute atomic E-state index is 0.152. The van der Waals surface area contributed by atoms with Gasteiger partial charge in [0.1, 0.15) is 6.10 Å². The molecule has 3 N–H and O–H groups in total. The van der Waals surface area contributed by atoms with Gasteiger partial charge in [-0.05, 0) is 19.8 Å². The zero-order chi connectivity index (χ0) is 10.6. The van der Waals surface area contributed by atoms with E-state index in [0.717, 1.165) is 0 Å². The molecule has 0 heterocycles. The lowest BCUT2D eigenvalue weighted by molar-refractivity contribution is -0.00551. The molecule has 0 saturated carbocycles. The number of aliphatic hydroxyl groups is 1. The van der Waals surface area contributed by atoms with Crippen LogP contribution in [0.2, 0.25) is 0 Å². The molecule has 0 radical (unpaired) electrons. The number of hydrogen-bond donors (Lipinski definition) is 2. The molecule has 0 spiro atoms. The molecule has 0 fully saturated rings. The van der Waals surface area contributed by atoms with Crippen LogP contribution in [-0.2, 0) is 4.74 Å². The summed E-state index contributed by atoms with van der Waals surface area (Å²) in [7, 11) is 0. The fraction of sp³-hybridized carbons (Fsp3) is 0.889. The van der Waals surface area contributed by atoms with Crippen LogP contribution in [0.4, 0.5) is 4.79 Å². The average Bonchev–Trinajstić information content (AvgIpc) is 1.81. The maximum absolute atomic E-state index is 10.5. The Kier molecular flexibility index (Phi) is 4.20. The number of carbonyl (C=O) groups is 1. The number of rotatable bonds is 4. The highest BCUT2D eigenvalue weighted by Gasteiger charge is 2.25. The van der Waals surface area contributed by atoms with Crippen molar-refractivity contribution in [3.8, 4) is 0 Å². The topological polar surface area (TPSA) is 72.6 Å². The van der Waals surface area contributed by atoms with Crippen molar-refractivity contribution in [3.63, 3.8) is 0 Å². The molecule has 13 heavy (non-hydrogen) atoms. The molecule has 0 bridgehead atoms. The van der Waals surface area contributed by atoms with E-state index in [4.69, 9.17) is 10.5 Å². The fourth-order valence-electron chi connectivity index (χ4n) is 1.05. The summed E-state index contributed by atoms with van der Waals surface area (Å²) in [6.45, 7) is 7.18. The third-order valence-electron chi connectivity index (χ3n) is 1.71. The van der Waals surface area contributed by atoms with Gasteiger partial charge < -0.3 is 15.6 Å². The molecule has 4 heteroatoms. The van der Waals surface area contributed by atoms with E-state index in [2.05, 4.69) is 0 Å². The molecule has 0 aromatic heterocycles. The summed E-state index contributed by atoms with van der Waals surface area (Å²) >= 11 is 0. The third-order valence-corrected chi connectivity index (χ3v) is 1.71. The van der Waals surface area contributed by atoms with Gasteiger partial charge in [-0.15, -0.1) is 0 Å². The average molecular weight is 189 g/mol. The van der Waals surface area contributed by atoms with Crippen LogP contribution in [0.5, 0.6) is 0 Å². The number of primary amides is 1. The second kappa shape index (κ2) is 4.46.